The van der Waals surface area contributed by atoms with Gasteiger partial charge < -0.3 is 4.90 Å². The number of nitrogens with zero attached hydrogens (tertiary/aromatic N) is 2. The van der Waals surface area contributed by atoms with Crippen molar-refractivity contribution in [2.24, 2.45) is 0 Å². The Balaban J connectivity index is 2.54. The van der Waals surface area contributed by atoms with Crippen LogP contribution in [0.25, 0.3) is 0 Å². The fourth-order valence-corrected chi connectivity index (χ4v) is 0.820. The molecule has 0 aromatic carbocycles. The molecule has 4 heteroatoms. The first kappa shape index (κ1) is 8.34. The fourth-order valence-electron chi connectivity index (χ4n) is 0.820. The maximum atomic E-state index is 10.9. The highest BCUT2D eigenvalue weighted by molar-refractivity contribution is 5.92. The lowest BCUT2D eigenvalue weighted by Gasteiger charge is -2.11. The Hall–Kier alpha value is -1.76. The van der Waals surface area contributed by atoms with E-state index in [9.17, 15) is 4.79 Å². The summed E-state index contributed by atoms with van der Waals surface area (Å²) in [5, 5.41) is 6.40. The zero-order valence-corrected chi connectivity index (χ0v) is 6.74. The summed E-state index contributed by atoms with van der Waals surface area (Å²) in [6, 6.07) is 0. The van der Waals surface area contributed by atoms with Crippen LogP contribution < -0.4 is 0 Å². The van der Waals surface area contributed by atoms with Crippen LogP contribution in [-0.4, -0.2) is 28.1 Å². The molecule has 1 amide bonds. The Bertz CT molecular complexity index is 297. The molecule has 1 rings (SSSR count). The Kier molecular flexibility index (Phi) is 2.49. The smallest absolute Gasteiger partial charge is 0.298 e. The maximum absolute atomic E-state index is 10.9. The van der Waals surface area contributed by atoms with E-state index in [0.29, 0.717) is 6.54 Å². The minimum absolute atomic E-state index is 0.323. The second kappa shape index (κ2) is 3.58. The predicted molar refractivity (Wildman–Crippen MR) is 43.9 cm³/mol. The van der Waals surface area contributed by atoms with Gasteiger partial charge in [0.25, 0.3) is 5.91 Å². The van der Waals surface area contributed by atoms with E-state index < -0.39 is 0 Å². The summed E-state index contributed by atoms with van der Waals surface area (Å²) in [6.45, 7) is 0.486. The van der Waals surface area contributed by atoms with Crippen LogP contribution in [0.2, 0.25) is 0 Å². The van der Waals surface area contributed by atoms with Crippen molar-refractivity contribution in [1.82, 2.24) is 15.1 Å². The lowest BCUT2D eigenvalue weighted by Crippen LogP contribution is -2.24. The molecule has 0 aliphatic rings. The molecule has 0 atom stereocenters. The minimum Gasteiger partial charge on any atom is -0.331 e. The van der Waals surface area contributed by atoms with E-state index in [0.717, 1.165) is 5.56 Å². The highest BCUT2D eigenvalue weighted by atomic mass is 16.2. The molecule has 0 aliphatic heterocycles. The first-order valence-electron chi connectivity index (χ1n) is 3.43. The van der Waals surface area contributed by atoms with Gasteiger partial charge in [-0.3, -0.25) is 9.89 Å². The molecule has 0 bridgehead atoms. The molecular weight excluding hydrogens is 154 g/mol. The lowest BCUT2D eigenvalue weighted by molar-refractivity contribution is -0.124. The maximum Gasteiger partial charge on any atom is 0.298 e. The first-order valence-corrected chi connectivity index (χ1v) is 3.43. The number of amides is 1. The number of aromatic amines is 1. The molecule has 1 heterocycles. The highest BCUT2D eigenvalue weighted by Gasteiger charge is 2.05. The molecule has 0 radical (unpaired) electrons. The Morgan fingerprint density at radius 1 is 1.92 bits per heavy atom. The molecule has 0 saturated heterocycles. The van der Waals surface area contributed by atoms with Gasteiger partial charge in [-0.2, -0.15) is 5.10 Å². The van der Waals surface area contributed by atoms with Gasteiger partial charge in [0.2, 0.25) is 0 Å². The first-order chi connectivity index (χ1) is 5.74. The van der Waals surface area contributed by atoms with Crippen molar-refractivity contribution in [2.45, 2.75) is 6.54 Å². The Morgan fingerprint density at radius 2 is 2.67 bits per heavy atom. The van der Waals surface area contributed by atoms with Gasteiger partial charge in [0, 0.05) is 25.4 Å². The van der Waals surface area contributed by atoms with Crippen LogP contribution in [0.1, 0.15) is 5.56 Å². The third-order valence-corrected chi connectivity index (χ3v) is 1.44. The Morgan fingerprint density at radius 3 is 3.17 bits per heavy atom. The zero-order chi connectivity index (χ0) is 8.97. The van der Waals surface area contributed by atoms with E-state index >= 15 is 0 Å². The molecule has 0 fully saturated rings. The summed E-state index contributed by atoms with van der Waals surface area (Å²) >= 11 is 0. The number of nitrogens with one attached hydrogen (secondary N) is 1. The standard InChI is InChI=1S/C8H9N3O/c1-3-8(12)11(2)6-7-4-9-10-5-7/h1,4-5H,6H2,2H3,(H,9,10). The van der Waals surface area contributed by atoms with Gasteiger partial charge in [-0.25, -0.2) is 0 Å². The normalized spacial score (nSPS) is 9.00. The van der Waals surface area contributed by atoms with E-state index in [4.69, 9.17) is 6.42 Å². The zero-order valence-electron chi connectivity index (χ0n) is 6.74. The molecule has 0 unspecified atom stereocenters. The summed E-state index contributed by atoms with van der Waals surface area (Å²) in [6.07, 6.45) is 8.31. The van der Waals surface area contributed by atoms with Crippen molar-refractivity contribution in [3.05, 3.63) is 18.0 Å². The van der Waals surface area contributed by atoms with E-state index in [1.165, 1.54) is 4.90 Å². The predicted octanol–water partition coefficient (Wildman–Crippen LogP) is 0.00130. The molecular formula is C8H9N3O. The van der Waals surface area contributed by atoms with Crippen LogP contribution in [0.4, 0.5) is 0 Å². The van der Waals surface area contributed by atoms with E-state index in [-0.39, 0.29) is 5.91 Å². The number of hydrogen-bond donors (Lipinski definition) is 1. The summed E-state index contributed by atoms with van der Waals surface area (Å²) in [5.41, 5.74) is 0.932. The van der Waals surface area contributed by atoms with Crippen LogP contribution in [-0.2, 0) is 11.3 Å². The van der Waals surface area contributed by atoms with Crippen molar-refractivity contribution in [3.8, 4) is 12.3 Å². The molecule has 4 nitrogen and oxygen atoms in total. The number of rotatable bonds is 2. The van der Waals surface area contributed by atoms with E-state index in [1.54, 1.807) is 19.4 Å². The van der Waals surface area contributed by atoms with Crippen LogP contribution in [0.5, 0.6) is 0 Å². The van der Waals surface area contributed by atoms with Gasteiger partial charge in [0.1, 0.15) is 0 Å². The van der Waals surface area contributed by atoms with Gasteiger partial charge in [-0.1, -0.05) is 0 Å². The van der Waals surface area contributed by atoms with Crippen molar-refractivity contribution in [3.63, 3.8) is 0 Å². The number of terminal acetylenes is 1. The van der Waals surface area contributed by atoms with Gasteiger partial charge in [0.05, 0.1) is 6.20 Å². The molecule has 12 heavy (non-hydrogen) atoms. The average molecular weight is 163 g/mol. The summed E-state index contributed by atoms with van der Waals surface area (Å²) in [5.74, 6) is 1.71. The van der Waals surface area contributed by atoms with Crippen LogP contribution >= 0.6 is 0 Å². The number of aromatic nitrogens is 2. The van der Waals surface area contributed by atoms with Gasteiger partial charge in [-0.05, 0) is 5.92 Å². The van der Waals surface area contributed by atoms with Crippen LogP contribution in [0.3, 0.4) is 0 Å². The number of carbonyl (C=O) groups is 1. The second-order valence-corrected chi connectivity index (χ2v) is 2.41. The summed E-state index contributed by atoms with van der Waals surface area (Å²) < 4.78 is 0. The van der Waals surface area contributed by atoms with Crippen molar-refractivity contribution < 1.29 is 4.79 Å². The summed E-state index contributed by atoms with van der Waals surface area (Å²) in [7, 11) is 1.65. The topological polar surface area (TPSA) is 49.0 Å². The minimum atomic E-state index is -0.323. The lowest BCUT2D eigenvalue weighted by atomic mass is 10.3. The van der Waals surface area contributed by atoms with Crippen molar-refractivity contribution in [2.75, 3.05) is 7.05 Å². The monoisotopic (exact) mass is 163 g/mol. The number of H-pyrrole nitrogens is 1. The van der Waals surface area contributed by atoms with Gasteiger partial charge >= 0.3 is 0 Å². The second-order valence-electron chi connectivity index (χ2n) is 2.41. The molecule has 1 aromatic rings. The third kappa shape index (κ3) is 1.86. The fraction of sp³-hybridized carbons (Fsp3) is 0.250. The summed E-state index contributed by atoms with van der Waals surface area (Å²) in [4.78, 5) is 12.3. The molecule has 0 saturated carbocycles. The molecule has 0 aliphatic carbocycles. The SMILES string of the molecule is C#CC(=O)N(C)Cc1cn[nH]c1. The highest BCUT2D eigenvalue weighted by Crippen LogP contribution is 1.98. The molecule has 0 spiro atoms. The number of carbonyl (C=O) groups excluding carboxylic acids is 1. The largest absolute Gasteiger partial charge is 0.331 e. The van der Waals surface area contributed by atoms with Crippen molar-refractivity contribution in [1.29, 1.82) is 0 Å². The van der Waals surface area contributed by atoms with Crippen molar-refractivity contribution >= 4 is 5.91 Å². The van der Waals surface area contributed by atoms with Crippen LogP contribution in [0.15, 0.2) is 12.4 Å². The van der Waals surface area contributed by atoms with Gasteiger partial charge in [0.15, 0.2) is 0 Å². The molecule has 62 valence electrons. The average Bonchev–Trinajstić information content (AvgIpc) is 2.55. The third-order valence-electron chi connectivity index (χ3n) is 1.44. The quantitative estimate of drug-likeness (QED) is 0.624. The molecule has 1 N–H and O–H groups in total. The van der Waals surface area contributed by atoms with Gasteiger partial charge in [-0.15, -0.1) is 6.42 Å². The van der Waals surface area contributed by atoms with E-state index in [1.807, 2.05) is 5.92 Å². The van der Waals surface area contributed by atoms with Crippen LogP contribution in [0, 0.1) is 12.3 Å². The molecule has 1 aromatic heterocycles. The van der Waals surface area contributed by atoms with E-state index in [2.05, 4.69) is 10.2 Å². The number of hydrogen-bond acceptors (Lipinski definition) is 2. The Labute approximate surface area is 70.6 Å².